The highest BCUT2D eigenvalue weighted by Crippen LogP contribution is 2.32. The second-order valence-electron chi connectivity index (χ2n) is 16.1. The minimum Gasteiger partial charge on any atom is -0.491 e. The van der Waals surface area contributed by atoms with Crippen LogP contribution in [-0.4, -0.2) is 161 Å². The van der Waals surface area contributed by atoms with E-state index < -0.39 is 23.8 Å². The number of likely N-dealkylation sites (tertiary alicyclic amines) is 1. The summed E-state index contributed by atoms with van der Waals surface area (Å²) in [6, 6.07) is 12.4. The lowest BCUT2D eigenvalue weighted by atomic mass is 9.99. The Morgan fingerprint density at radius 2 is 1.53 bits per heavy atom. The van der Waals surface area contributed by atoms with Crippen molar-refractivity contribution in [3.63, 3.8) is 0 Å². The zero-order chi connectivity index (χ0) is 39.2. The van der Waals surface area contributed by atoms with Gasteiger partial charge in [0.2, 0.25) is 11.8 Å². The molecule has 1 atom stereocenters. The van der Waals surface area contributed by atoms with E-state index in [0.717, 1.165) is 130 Å². The van der Waals surface area contributed by atoms with Crippen LogP contribution in [0.5, 0.6) is 5.75 Å². The van der Waals surface area contributed by atoms with E-state index in [0.29, 0.717) is 17.0 Å². The van der Waals surface area contributed by atoms with Gasteiger partial charge in [-0.3, -0.25) is 44.3 Å². The Balaban J connectivity index is 0.698. The molecule has 57 heavy (non-hydrogen) atoms. The van der Waals surface area contributed by atoms with Crippen LogP contribution in [0.3, 0.4) is 0 Å². The number of rotatable bonds is 11. The highest BCUT2D eigenvalue weighted by atomic mass is 16.5. The number of imide groups is 2. The van der Waals surface area contributed by atoms with Crippen molar-refractivity contribution in [2.45, 2.75) is 38.8 Å². The van der Waals surface area contributed by atoms with Crippen LogP contribution >= 0.6 is 0 Å². The van der Waals surface area contributed by atoms with E-state index in [1.165, 1.54) is 0 Å². The number of amides is 4. The molecule has 4 amide bonds. The van der Waals surface area contributed by atoms with Gasteiger partial charge in [0.05, 0.1) is 28.4 Å². The Morgan fingerprint density at radius 1 is 0.789 bits per heavy atom. The summed E-state index contributed by atoms with van der Waals surface area (Å²) in [7, 11) is 0. The molecule has 16 heteroatoms. The number of fused-ring (bicyclic) bond motifs is 2. The second kappa shape index (κ2) is 15.5. The average Bonchev–Trinajstić information content (AvgIpc) is 3.73. The highest BCUT2D eigenvalue weighted by molar-refractivity contribution is 6.23. The number of carbonyl (C=O) groups excluding carboxylic acids is 4. The molecule has 4 aromatic rings. The Bertz CT molecular complexity index is 2190. The van der Waals surface area contributed by atoms with Crippen LogP contribution in [0.4, 0.5) is 11.5 Å². The molecule has 5 aliphatic rings. The van der Waals surface area contributed by atoms with E-state index in [1.54, 1.807) is 18.5 Å². The molecule has 0 saturated carbocycles. The molecule has 0 aliphatic carbocycles. The first kappa shape index (κ1) is 37.1. The molecule has 4 saturated heterocycles. The van der Waals surface area contributed by atoms with Crippen molar-refractivity contribution in [3.8, 4) is 17.1 Å². The molecule has 7 heterocycles. The summed E-state index contributed by atoms with van der Waals surface area (Å²) in [5, 5.41) is 10.9. The van der Waals surface area contributed by atoms with Gasteiger partial charge in [0.25, 0.3) is 11.8 Å². The second-order valence-corrected chi connectivity index (χ2v) is 16.1. The number of nitrogens with zero attached hydrogens (tertiary/aromatic N) is 9. The van der Waals surface area contributed by atoms with Crippen molar-refractivity contribution in [1.82, 2.24) is 45.1 Å². The van der Waals surface area contributed by atoms with Crippen LogP contribution in [0.1, 0.15) is 47.4 Å². The smallest absolute Gasteiger partial charge is 0.262 e. The maximum Gasteiger partial charge on any atom is 0.262 e. The lowest BCUT2D eigenvalue weighted by molar-refractivity contribution is -0.136. The molecule has 9 rings (SSSR count). The minimum atomic E-state index is -0.956. The van der Waals surface area contributed by atoms with Crippen molar-refractivity contribution < 1.29 is 23.9 Å². The molecule has 0 radical (unpaired) electrons. The molecule has 1 unspecified atom stereocenters. The predicted molar refractivity (Wildman–Crippen MR) is 213 cm³/mol. The standard InChI is InChI=1S/C41H49N11O5/c1-26(2)57-29-4-6-33-32(20-29)38(46-45-33)34-21-36(43-25-42-34)51-17-11-47(12-18-51)9-10-49-23-27(24-49)22-48-13-15-50(16-14-48)28-3-5-30-31(19-28)41(56)52(40(30)55)35-7-8-37(53)44-39(35)54/h3-6,19-21,25-27,35H,7-18,22-24H2,1-2H3,(H,45,46)(H,44,53,54). The Kier molecular flexibility index (Phi) is 10.1. The first-order valence-electron chi connectivity index (χ1n) is 20.2. The SMILES string of the molecule is CC(C)Oc1ccc2[nH]nc(-c3cc(N4CCN(CCN5CC(CN6CCN(c7ccc8c(c7)C(=O)N(C7CCC(=O)NC7=O)C8=O)CC6)C5)CC4)ncn3)c2c1. The van der Waals surface area contributed by atoms with Gasteiger partial charge in [0.15, 0.2) is 0 Å². The van der Waals surface area contributed by atoms with Gasteiger partial charge < -0.3 is 19.4 Å². The molecule has 4 fully saturated rings. The number of ether oxygens (including phenoxy) is 1. The summed E-state index contributed by atoms with van der Waals surface area (Å²) in [6.45, 7) is 16.9. The summed E-state index contributed by atoms with van der Waals surface area (Å²) in [6.07, 6.45) is 1.98. The topological polar surface area (TPSA) is 163 Å². The lowest BCUT2D eigenvalue weighted by Crippen LogP contribution is -2.56. The number of H-pyrrole nitrogens is 1. The van der Waals surface area contributed by atoms with Gasteiger partial charge in [-0.2, -0.15) is 5.10 Å². The Morgan fingerprint density at radius 3 is 2.30 bits per heavy atom. The van der Waals surface area contributed by atoms with Crippen molar-refractivity contribution in [2.75, 3.05) is 94.9 Å². The van der Waals surface area contributed by atoms with E-state index in [-0.39, 0.29) is 24.9 Å². The summed E-state index contributed by atoms with van der Waals surface area (Å²) >= 11 is 0. The summed E-state index contributed by atoms with van der Waals surface area (Å²) in [5.41, 5.74) is 4.08. The summed E-state index contributed by atoms with van der Waals surface area (Å²) < 4.78 is 5.92. The number of aromatic nitrogens is 4. The number of piperidine rings is 1. The molecular formula is C41H49N11O5. The number of hydrogen-bond donors (Lipinski definition) is 2. The largest absolute Gasteiger partial charge is 0.491 e. The molecule has 0 bridgehead atoms. The zero-order valence-corrected chi connectivity index (χ0v) is 32.5. The fourth-order valence-corrected chi connectivity index (χ4v) is 8.85. The quantitative estimate of drug-likeness (QED) is 0.213. The predicted octanol–water partition coefficient (Wildman–Crippen LogP) is 2.08. The Hall–Kier alpha value is -5.45. The van der Waals surface area contributed by atoms with E-state index in [9.17, 15) is 19.2 Å². The minimum absolute atomic E-state index is 0.0898. The summed E-state index contributed by atoms with van der Waals surface area (Å²) in [4.78, 5) is 72.9. The molecule has 2 aromatic heterocycles. The van der Waals surface area contributed by atoms with Crippen LogP contribution in [-0.2, 0) is 9.59 Å². The van der Waals surface area contributed by atoms with Crippen LogP contribution < -0.4 is 19.9 Å². The molecular weight excluding hydrogens is 727 g/mol. The van der Waals surface area contributed by atoms with Gasteiger partial charge >= 0.3 is 0 Å². The number of hydrogen-bond acceptors (Lipinski definition) is 13. The third-order valence-electron chi connectivity index (χ3n) is 11.9. The van der Waals surface area contributed by atoms with Crippen LogP contribution in [0.25, 0.3) is 22.3 Å². The number of nitrogens with one attached hydrogen (secondary N) is 2. The van der Waals surface area contributed by atoms with E-state index >= 15 is 0 Å². The molecule has 2 aromatic carbocycles. The number of benzene rings is 2. The number of anilines is 2. The van der Waals surface area contributed by atoms with Gasteiger partial charge in [-0.15, -0.1) is 0 Å². The summed E-state index contributed by atoms with van der Waals surface area (Å²) in [5.74, 6) is 0.493. The van der Waals surface area contributed by atoms with Gasteiger partial charge in [-0.1, -0.05) is 0 Å². The van der Waals surface area contributed by atoms with Gasteiger partial charge in [-0.05, 0) is 62.6 Å². The number of piperazine rings is 2. The molecule has 16 nitrogen and oxygen atoms in total. The lowest BCUT2D eigenvalue weighted by Gasteiger charge is -2.45. The van der Waals surface area contributed by atoms with Crippen molar-refractivity contribution >= 4 is 46.0 Å². The normalized spacial score (nSPS) is 21.5. The van der Waals surface area contributed by atoms with E-state index in [2.05, 4.69) is 50.0 Å². The first-order valence-corrected chi connectivity index (χ1v) is 20.2. The van der Waals surface area contributed by atoms with E-state index in [4.69, 9.17) is 4.74 Å². The maximum atomic E-state index is 13.3. The van der Waals surface area contributed by atoms with Gasteiger partial charge in [0.1, 0.15) is 29.6 Å². The van der Waals surface area contributed by atoms with E-state index in [1.807, 2.05) is 44.2 Å². The third kappa shape index (κ3) is 7.56. The van der Waals surface area contributed by atoms with Crippen molar-refractivity contribution in [2.24, 2.45) is 5.92 Å². The van der Waals surface area contributed by atoms with Crippen LogP contribution in [0.15, 0.2) is 48.8 Å². The molecule has 2 N–H and O–H groups in total. The Labute approximate surface area is 331 Å². The van der Waals surface area contributed by atoms with Gasteiger partial charge in [-0.25, -0.2) is 9.97 Å². The first-order chi connectivity index (χ1) is 27.7. The number of aromatic amines is 1. The monoisotopic (exact) mass is 775 g/mol. The molecule has 0 spiro atoms. The van der Waals surface area contributed by atoms with Crippen molar-refractivity contribution in [1.29, 1.82) is 0 Å². The molecule has 298 valence electrons. The van der Waals surface area contributed by atoms with Gasteiger partial charge in [0, 0.05) is 109 Å². The highest BCUT2D eigenvalue weighted by Gasteiger charge is 2.45. The molecule has 5 aliphatic heterocycles. The zero-order valence-electron chi connectivity index (χ0n) is 32.5. The van der Waals surface area contributed by atoms with Crippen LogP contribution in [0.2, 0.25) is 0 Å². The number of carbonyl (C=O) groups is 4. The van der Waals surface area contributed by atoms with Crippen molar-refractivity contribution in [3.05, 3.63) is 59.9 Å². The maximum absolute atomic E-state index is 13.3. The fourth-order valence-electron chi connectivity index (χ4n) is 8.85. The average molecular weight is 776 g/mol. The van der Waals surface area contributed by atoms with Crippen LogP contribution in [0, 0.1) is 5.92 Å². The third-order valence-corrected chi connectivity index (χ3v) is 11.9. The fraction of sp³-hybridized carbons (Fsp3) is 0.488.